The standard InChI is InChI=1S/C10H11ClN2S/c11-8-3-1-7(2-4-8)9-5-6-12-10(14)13-9/h1-4,9H,5-6H2,(H2,12,13,14). The Kier molecular flexibility index (Phi) is 2.89. The number of thiocarbonyl (C=S) groups is 1. The van der Waals surface area contributed by atoms with Crippen molar-refractivity contribution in [2.75, 3.05) is 6.54 Å². The number of halogens is 1. The molecule has 1 aliphatic rings. The molecule has 0 saturated carbocycles. The molecule has 1 aromatic carbocycles. The summed E-state index contributed by atoms with van der Waals surface area (Å²) in [6.07, 6.45) is 1.04. The summed E-state index contributed by atoms with van der Waals surface area (Å²) in [6, 6.07) is 8.20. The Labute approximate surface area is 93.6 Å². The molecule has 1 unspecified atom stereocenters. The monoisotopic (exact) mass is 226 g/mol. The largest absolute Gasteiger partial charge is 0.363 e. The van der Waals surface area contributed by atoms with Gasteiger partial charge in [-0.05, 0) is 36.3 Å². The molecule has 2 N–H and O–H groups in total. The average Bonchev–Trinajstić information content (AvgIpc) is 2.19. The van der Waals surface area contributed by atoms with Gasteiger partial charge in [-0.15, -0.1) is 0 Å². The van der Waals surface area contributed by atoms with Crippen LogP contribution < -0.4 is 10.6 Å². The average molecular weight is 227 g/mol. The Morgan fingerprint density at radius 3 is 2.64 bits per heavy atom. The highest BCUT2D eigenvalue weighted by Crippen LogP contribution is 2.20. The van der Waals surface area contributed by atoms with Crippen molar-refractivity contribution in [1.29, 1.82) is 0 Å². The van der Waals surface area contributed by atoms with Crippen molar-refractivity contribution >= 4 is 28.9 Å². The van der Waals surface area contributed by atoms with E-state index in [1.165, 1.54) is 5.56 Å². The van der Waals surface area contributed by atoms with Gasteiger partial charge in [-0.3, -0.25) is 0 Å². The lowest BCUT2D eigenvalue weighted by Crippen LogP contribution is -2.44. The topological polar surface area (TPSA) is 24.1 Å². The molecule has 0 aliphatic carbocycles. The molecule has 0 amide bonds. The highest BCUT2D eigenvalue weighted by molar-refractivity contribution is 7.80. The van der Waals surface area contributed by atoms with E-state index in [1.807, 2.05) is 24.3 Å². The van der Waals surface area contributed by atoms with E-state index in [4.69, 9.17) is 23.8 Å². The van der Waals surface area contributed by atoms with Crippen molar-refractivity contribution in [3.05, 3.63) is 34.9 Å². The lowest BCUT2D eigenvalue weighted by molar-refractivity contribution is 0.537. The highest BCUT2D eigenvalue weighted by atomic mass is 35.5. The molecule has 1 atom stereocenters. The van der Waals surface area contributed by atoms with Crippen molar-refractivity contribution in [3.63, 3.8) is 0 Å². The SMILES string of the molecule is S=C1NCCC(c2ccc(Cl)cc2)N1. The Bertz CT molecular complexity index is 336. The second-order valence-corrected chi connectivity index (χ2v) is 4.14. The van der Waals surface area contributed by atoms with E-state index in [9.17, 15) is 0 Å². The van der Waals surface area contributed by atoms with Crippen molar-refractivity contribution in [1.82, 2.24) is 10.6 Å². The highest BCUT2D eigenvalue weighted by Gasteiger charge is 2.16. The number of benzene rings is 1. The zero-order valence-corrected chi connectivity index (χ0v) is 9.16. The Morgan fingerprint density at radius 1 is 1.29 bits per heavy atom. The molecule has 1 heterocycles. The number of nitrogens with one attached hydrogen (secondary N) is 2. The van der Waals surface area contributed by atoms with Gasteiger partial charge in [0, 0.05) is 11.6 Å². The van der Waals surface area contributed by atoms with Crippen LogP contribution in [0.4, 0.5) is 0 Å². The van der Waals surface area contributed by atoms with Crippen LogP contribution in [-0.4, -0.2) is 11.7 Å². The van der Waals surface area contributed by atoms with Crippen molar-refractivity contribution in [2.45, 2.75) is 12.5 Å². The molecule has 74 valence electrons. The van der Waals surface area contributed by atoms with E-state index in [-0.39, 0.29) is 0 Å². The van der Waals surface area contributed by atoms with Gasteiger partial charge < -0.3 is 10.6 Å². The van der Waals surface area contributed by atoms with Gasteiger partial charge in [-0.1, -0.05) is 23.7 Å². The summed E-state index contributed by atoms with van der Waals surface area (Å²) < 4.78 is 0. The Morgan fingerprint density at radius 2 is 2.00 bits per heavy atom. The molecular weight excluding hydrogens is 216 g/mol. The Hall–Kier alpha value is -0.800. The van der Waals surface area contributed by atoms with Crippen LogP contribution in [0.5, 0.6) is 0 Å². The van der Waals surface area contributed by atoms with Crippen LogP contribution in [0.1, 0.15) is 18.0 Å². The summed E-state index contributed by atoms with van der Waals surface area (Å²) in [5.74, 6) is 0. The van der Waals surface area contributed by atoms with Crippen LogP contribution in [0.3, 0.4) is 0 Å². The van der Waals surface area contributed by atoms with Crippen LogP contribution in [-0.2, 0) is 0 Å². The van der Waals surface area contributed by atoms with Gasteiger partial charge in [0.1, 0.15) is 0 Å². The number of hydrogen-bond donors (Lipinski definition) is 2. The molecule has 0 bridgehead atoms. The van der Waals surface area contributed by atoms with Gasteiger partial charge in [-0.25, -0.2) is 0 Å². The molecule has 2 nitrogen and oxygen atoms in total. The van der Waals surface area contributed by atoms with Gasteiger partial charge >= 0.3 is 0 Å². The van der Waals surface area contributed by atoms with Crippen molar-refractivity contribution in [2.24, 2.45) is 0 Å². The lowest BCUT2D eigenvalue weighted by Gasteiger charge is -2.26. The third-order valence-electron chi connectivity index (χ3n) is 2.30. The summed E-state index contributed by atoms with van der Waals surface area (Å²) in [6.45, 7) is 0.930. The first kappa shape index (κ1) is 9.74. The molecule has 1 aromatic rings. The van der Waals surface area contributed by atoms with Crippen LogP contribution >= 0.6 is 23.8 Å². The number of rotatable bonds is 1. The molecule has 1 saturated heterocycles. The minimum atomic E-state index is 0.320. The summed E-state index contributed by atoms with van der Waals surface area (Å²) in [4.78, 5) is 0. The maximum Gasteiger partial charge on any atom is 0.166 e. The van der Waals surface area contributed by atoms with Gasteiger partial charge in [-0.2, -0.15) is 0 Å². The number of hydrogen-bond acceptors (Lipinski definition) is 1. The predicted molar refractivity (Wildman–Crippen MR) is 62.5 cm³/mol. The third-order valence-corrected chi connectivity index (χ3v) is 2.81. The predicted octanol–water partition coefficient (Wildman–Crippen LogP) is 2.25. The third kappa shape index (κ3) is 2.16. The fraction of sp³-hybridized carbons (Fsp3) is 0.300. The van der Waals surface area contributed by atoms with Gasteiger partial charge in [0.15, 0.2) is 5.11 Å². The molecule has 0 radical (unpaired) electrons. The molecule has 1 fully saturated rings. The zero-order valence-electron chi connectivity index (χ0n) is 7.59. The minimum Gasteiger partial charge on any atom is -0.363 e. The van der Waals surface area contributed by atoms with E-state index >= 15 is 0 Å². The van der Waals surface area contributed by atoms with Gasteiger partial charge in [0.05, 0.1) is 6.04 Å². The second kappa shape index (κ2) is 4.15. The Balaban J connectivity index is 2.14. The van der Waals surface area contributed by atoms with Crippen LogP contribution in [0.2, 0.25) is 5.02 Å². The second-order valence-electron chi connectivity index (χ2n) is 3.29. The molecule has 0 spiro atoms. The van der Waals surface area contributed by atoms with E-state index in [1.54, 1.807) is 0 Å². The maximum atomic E-state index is 5.82. The van der Waals surface area contributed by atoms with Gasteiger partial charge in [0.25, 0.3) is 0 Å². The minimum absolute atomic E-state index is 0.320. The van der Waals surface area contributed by atoms with E-state index < -0.39 is 0 Å². The normalized spacial score (nSPS) is 21.2. The molecule has 4 heteroatoms. The summed E-state index contributed by atoms with van der Waals surface area (Å²) in [5, 5.41) is 7.82. The summed E-state index contributed by atoms with van der Waals surface area (Å²) in [7, 11) is 0. The van der Waals surface area contributed by atoms with E-state index in [2.05, 4.69) is 10.6 Å². The maximum absolute atomic E-state index is 5.82. The molecule has 0 aromatic heterocycles. The van der Waals surface area contributed by atoms with E-state index in [0.717, 1.165) is 23.1 Å². The fourth-order valence-electron chi connectivity index (χ4n) is 1.56. The molecule has 14 heavy (non-hydrogen) atoms. The van der Waals surface area contributed by atoms with Crippen molar-refractivity contribution in [3.8, 4) is 0 Å². The molecule has 2 rings (SSSR count). The quantitative estimate of drug-likeness (QED) is 0.719. The smallest absolute Gasteiger partial charge is 0.166 e. The van der Waals surface area contributed by atoms with Crippen LogP contribution in [0.15, 0.2) is 24.3 Å². The zero-order chi connectivity index (χ0) is 9.97. The first-order chi connectivity index (χ1) is 6.75. The van der Waals surface area contributed by atoms with Crippen molar-refractivity contribution < 1.29 is 0 Å². The summed E-state index contributed by atoms with van der Waals surface area (Å²) >= 11 is 10.9. The van der Waals surface area contributed by atoms with Crippen LogP contribution in [0, 0.1) is 0 Å². The molecule has 1 aliphatic heterocycles. The first-order valence-electron chi connectivity index (χ1n) is 4.55. The lowest BCUT2D eigenvalue weighted by atomic mass is 10.0. The van der Waals surface area contributed by atoms with Gasteiger partial charge in [0.2, 0.25) is 0 Å². The molecular formula is C10H11ClN2S. The summed E-state index contributed by atoms with van der Waals surface area (Å²) in [5.41, 5.74) is 1.23. The first-order valence-corrected chi connectivity index (χ1v) is 5.34. The van der Waals surface area contributed by atoms with E-state index in [0.29, 0.717) is 6.04 Å². The fourth-order valence-corrected chi connectivity index (χ4v) is 1.93. The van der Waals surface area contributed by atoms with Crippen LogP contribution in [0.25, 0.3) is 0 Å².